The Kier molecular flexibility index (Phi) is 2.68. The zero-order chi connectivity index (χ0) is 8.97. The molecule has 0 saturated heterocycles. The fraction of sp³-hybridized carbons (Fsp3) is 0.429. The van der Waals surface area contributed by atoms with Crippen LogP contribution in [0.5, 0.6) is 0 Å². The smallest absolute Gasteiger partial charge is 0.323 e. The number of carbonyl (C=O) groups excluding carboxylic acids is 1. The molecule has 0 bridgehead atoms. The van der Waals surface area contributed by atoms with E-state index in [0.29, 0.717) is 12.3 Å². The Balaban J connectivity index is 2.52. The first-order valence-electron chi connectivity index (χ1n) is 3.64. The van der Waals surface area contributed by atoms with E-state index in [1.807, 2.05) is 0 Å². The highest BCUT2D eigenvalue weighted by atomic mass is 16.5. The van der Waals surface area contributed by atoms with Crippen LogP contribution in [-0.2, 0) is 16.0 Å². The maximum Gasteiger partial charge on any atom is 0.323 e. The van der Waals surface area contributed by atoms with Crippen molar-refractivity contribution in [2.24, 2.45) is 0 Å². The lowest BCUT2D eigenvalue weighted by Gasteiger charge is -1.97. The molecule has 0 aromatic carbocycles. The fourth-order valence-corrected chi connectivity index (χ4v) is 0.833. The average molecular weight is 170 g/mol. The molecule has 0 aliphatic heterocycles. The second-order valence-electron chi connectivity index (χ2n) is 2.25. The molecule has 0 aliphatic rings. The predicted octanol–water partition coefficient (Wildman–Crippen LogP) is -0.191. The number of esters is 1. The molecule has 0 saturated carbocycles. The molecule has 0 amide bonds. The Morgan fingerprint density at radius 3 is 2.92 bits per heavy atom. The molecule has 0 atom stereocenters. The minimum Gasteiger partial charge on any atom is -0.466 e. The van der Waals surface area contributed by atoms with Gasteiger partial charge in [0.15, 0.2) is 0 Å². The SMILES string of the molecule is CCOC(=O)Cc1c[nH]c(=O)[nH]1. The zero-order valence-electron chi connectivity index (χ0n) is 6.72. The first-order chi connectivity index (χ1) is 5.72. The maximum absolute atomic E-state index is 10.9. The van der Waals surface area contributed by atoms with Crippen LogP contribution in [0.25, 0.3) is 0 Å². The zero-order valence-corrected chi connectivity index (χ0v) is 6.72. The van der Waals surface area contributed by atoms with Gasteiger partial charge in [-0.1, -0.05) is 0 Å². The first-order valence-corrected chi connectivity index (χ1v) is 3.64. The molecule has 2 N–H and O–H groups in total. The normalized spacial score (nSPS) is 9.75. The number of hydrogen-bond acceptors (Lipinski definition) is 3. The van der Waals surface area contributed by atoms with Gasteiger partial charge in [0, 0.05) is 11.9 Å². The third-order valence-corrected chi connectivity index (χ3v) is 1.29. The second-order valence-corrected chi connectivity index (χ2v) is 2.25. The van der Waals surface area contributed by atoms with Gasteiger partial charge < -0.3 is 14.7 Å². The van der Waals surface area contributed by atoms with E-state index < -0.39 is 0 Å². The number of aromatic amines is 2. The molecule has 0 unspecified atom stereocenters. The van der Waals surface area contributed by atoms with Gasteiger partial charge in [-0.2, -0.15) is 0 Å². The van der Waals surface area contributed by atoms with Gasteiger partial charge in [0.25, 0.3) is 0 Å². The minimum absolute atomic E-state index is 0.104. The van der Waals surface area contributed by atoms with Gasteiger partial charge >= 0.3 is 11.7 Å². The number of rotatable bonds is 3. The van der Waals surface area contributed by atoms with Crippen LogP contribution in [0.15, 0.2) is 11.0 Å². The monoisotopic (exact) mass is 170 g/mol. The molecule has 0 radical (unpaired) electrons. The summed E-state index contributed by atoms with van der Waals surface area (Å²) in [7, 11) is 0. The van der Waals surface area contributed by atoms with Crippen LogP contribution < -0.4 is 5.69 Å². The molecule has 0 spiro atoms. The summed E-state index contributed by atoms with van der Waals surface area (Å²) in [4.78, 5) is 26.3. The van der Waals surface area contributed by atoms with Crippen LogP contribution in [0.3, 0.4) is 0 Å². The van der Waals surface area contributed by atoms with Gasteiger partial charge in [-0.15, -0.1) is 0 Å². The molecule has 5 heteroatoms. The molecule has 12 heavy (non-hydrogen) atoms. The van der Waals surface area contributed by atoms with E-state index in [0.717, 1.165) is 0 Å². The number of H-pyrrole nitrogens is 2. The number of aromatic nitrogens is 2. The van der Waals surface area contributed by atoms with Crippen LogP contribution in [0.2, 0.25) is 0 Å². The summed E-state index contributed by atoms with van der Waals surface area (Å²) < 4.78 is 4.68. The number of imidazole rings is 1. The Bertz CT molecular complexity index is 312. The summed E-state index contributed by atoms with van der Waals surface area (Å²) in [5, 5.41) is 0. The highest BCUT2D eigenvalue weighted by Gasteiger charge is 2.04. The van der Waals surface area contributed by atoms with Crippen LogP contribution in [0.1, 0.15) is 12.6 Å². The van der Waals surface area contributed by atoms with Crippen molar-refractivity contribution in [2.75, 3.05) is 6.61 Å². The van der Waals surface area contributed by atoms with Crippen molar-refractivity contribution in [1.82, 2.24) is 9.97 Å². The Labute approximate surface area is 68.8 Å². The molecular weight excluding hydrogens is 160 g/mol. The standard InChI is InChI=1S/C7H10N2O3/c1-2-12-6(10)3-5-4-8-7(11)9-5/h4H,2-3H2,1H3,(H2,8,9,11). The molecule has 1 rings (SSSR count). The number of carbonyl (C=O) groups is 1. The number of nitrogens with one attached hydrogen (secondary N) is 2. The third kappa shape index (κ3) is 2.26. The van der Waals surface area contributed by atoms with Gasteiger partial charge in [0.05, 0.1) is 13.0 Å². The van der Waals surface area contributed by atoms with E-state index in [2.05, 4.69) is 14.7 Å². The summed E-state index contributed by atoms with van der Waals surface area (Å²) in [5.41, 5.74) is 0.229. The lowest BCUT2D eigenvalue weighted by molar-refractivity contribution is -0.142. The Morgan fingerprint density at radius 2 is 2.42 bits per heavy atom. The molecule has 1 heterocycles. The van der Waals surface area contributed by atoms with Gasteiger partial charge in [-0.3, -0.25) is 4.79 Å². The van der Waals surface area contributed by atoms with E-state index in [4.69, 9.17) is 0 Å². The van der Waals surface area contributed by atoms with Crippen LogP contribution >= 0.6 is 0 Å². The molecule has 1 aromatic heterocycles. The van der Waals surface area contributed by atoms with E-state index in [1.165, 1.54) is 6.20 Å². The highest BCUT2D eigenvalue weighted by molar-refractivity contribution is 5.71. The minimum atomic E-state index is -0.340. The van der Waals surface area contributed by atoms with Crippen molar-refractivity contribution in [3.8, 4) is 0 Å². The molecule has 66 valence electrons. The van der Waals surface area contributed by atoms with Crippen molar-refractivity contribution in [1.29, 1.82) is 0 Å². The second kappa shape index (κ2) is 3.75. The largest absolute Gasteiger partial charge is 0.466 e. The molecule has 0 fully saturated rings. The summed E-state index contributed by atoms with van der Waals surface area (Å²) in [6, 6.07) is 0. The Hall–Kier alpha value is -1.52. The van der Waals surface area contributed by atoms with Gasteiger partial charge in [0.2, 0.25) is 0 Å². The highest BCUT2D eigenvalue weighted by Crippen LogP contribution is 1.91. The van der Waals surface area contributed by atoms with E-state index >= 15 is 0 Å². The molecule has 5 nitrogen and oxygen atoms in total. The van der Waals surface area contributed by atoms with Crippen LogP contribution in [0, 0.1) is 0 Å². The van der Waals surface area contributed by atoms with Crippen molar-refractivity contribution >= 4 is 5.97 Å². The van der Waals surface area contributed by atoms with Crippen molar-refractivity contribution in [3.63, 3.8) is 0 Å². The lowest BCUT2D eigenvalue weighted by Crippen LogP contribution is -2.09. The fourth-order valence-electron chi connectivity index (χ4n) is 0.833. The number of ether oxygens (including phenoxy) is 1. The number of hydrogen-bond donors (Lipinski definition) is 2. The van der Waals surface area contributed by atoms with E-state index in [9.17, 15) is 9.59 Å². The van der Waals surface area contributed by atoms with Gasteiger partial charge in [0.1, 0.15) is 0 Å². The Morgan fingerprint density at radius 1 is 1.67 bits per heavy atom. The van der Waals surface area contributed by atoms with E-state index in [1.54, 1.807) is 6.92 Å². The third-order valence-electron chi connectivity index (χ3n) is 1.29. The first kappa shape index (κ1) is 8.58. The van der Waals surface area contributed by atoms with Gasteiger partial charge in [-0.25, -0.2) is 4.79 Å². The maximum atomic E-state index is 10.9. The molecule has 1 aromatic rings. The van der Waals surface area contributed by atoms with Crippen molar-refractivity contribution in [2.45, 2.75) is 13.3 Å². The molecule has 0 aliphatic carbocycles. The average Bonchev–Trinajstić information content (AvgIpc) is 2.36. The van der Waals surface area contributed by atoms with Crippen molar-refractivity contribution in [3.05, 3.63) is 22.4 Å². The summed E-state index contributed by atoms with van der Waals surface area (Å²) >= 11 is 0. The lowest BCUT2D eigenvalue weighted by atomic mass is 10.3. The van der Waals surface area contributed by atoms with E-state index in [-0.39, 0.29) is 18.1 Å². The quantitative estimate of drug-likeness (QED) is 0.617. The van der Waals surface area contributed by atoms with Crippen molar-refractivity contribution < 1.29 is 9.53 Å². The predicted molar refractivity (Wildman–Crippen MR) is 41.8 cm³/mol. The topological polar surface area (TPSA) is 75.0 Å². The summed E-state index contributed by atoms with van der Waals surface area (Å²) in [6.07, 6.45) is 1.56. The van der Waals surface area contributed by atoms with Gasteiger partial charge in [-0.05, 0) is 6.92 Å². The summed E-state index contributed by atoms with van der Waals surface area (Å²) in [5.74, 6) is -0.340. The van der Waals surface area contributed by atoms with Crippen LogP contribution in [-0.4, -0.2) is 22.5 Å². The van der Waals surface area contributed by atoms with Crippen LogP contribution in [0.4, 0.5) is 0 Å². The molecular formula is C7H10N2O3. The summed E-state index contributed by atoms with van der Waals surface area (Å²) in [6.45, 7) is 2.09.